The monoisotopic (exact) mass is 406 g/mol. The molecule has 0 saturated heterocycles. The van der Waals surface area contributed by atoms with Crippen LogP contribution in [0.2, 0.25) is 0 Å². The lowest BCUT2D eigenvalue weighted by atomic mass is 9.90. The maximum absolute atomic E-state index is 13.6. The van der Waals surface area contributed by atoms with Crippen molar-refractivity contribution in [3.05, 3.63) is 54.4 Å². The van der Waals surface area contributed by atoms with Crippen LogP contribution in [-0.4, -0.2) is 39.6 Å². The number of carbonyl (C=O) groups excluding carboxylic acids is 2. The van der Waals surface area contributed by atoms with Crippen molar-refractivity contribution < 1.29 is 14.3 Å². The minimum absolute atomic E-state index is 0.221. The number of hydrogen-bond acceptors (Lipinski definition) is 5. The van der Waals surface area contributed by atoms with E-state index in [9.17, 15) is 9.59 Å². The smallest absolute Gasteiger partial charge is 0.321 e. The minimum Gasteiger partial charge on any atom is -0.465 e. The van der Waals surface area contributed by atoms with Crippen molar-refractivity contribution in [3.8, 4) is 0 Å². The lowest BCUT2D eigenvalue weighted by Gasteiger charge is -2.37. The number of imidazole rings is 1. The standard InChI is InChI=1S/C23H26N4O3/c1-3-5-8-15-26-21(28)19(22(29)30-4-2)20(16-11-13-24-14-12-16)27-18-10-7-6-9-17(18)25-23(26)27/h6-7,9-14,19-20H,3-5,8,15H2,1-2H3/t19-,20-/m0/s1. The fourth-order valence-corrected chi connectivity index (χ4v) is 4.14. The lowest BCUT2D eigenvalue weighted by molar-refractivity contribution is -0.153. The first-order valence-corrected chi connectivity index (χ1v) is 10.5. The molecule has 0 radical (unpaired) electrons. The number of aromatic nitrogens is 3. The van der Waals surface area contributed by atoms with E-state index in [4.69, 9.17) is 9.72 Å². The van der Waals surface area contributed by atoms with Crippen LogP contribution >= 0.6 is 0 Å². The Morgan fingerprint density at radius 1 is 1.10 bits per heavy atom. The third kappa shape index (κ3) is 3.44. The van der Waals surface area contributed by atoms with E-state index in [2.05, 4.69) is 11.9 Å². The Kier molecular flexibility index (Phi) is 5.79. The van der Waals surface area contributed by atoms with E-state index in [-0.39, 0.29) is 12.5 Å². The minimum atomic E-state index is -0.973. The van der Waals surface area contributed by atoms with E-state index < -0.39 is 17.9 Å². The van der Waals surface area contributed by atoms with Crippen molar-refractivity contribution in [3.63, 3.8) is 0 Å². The molecule has 1 aliphatic heterocycles. The summed E-state index contributed by atoms with van der Waals surface area (Å²) in [5, 5.41) is 0. The van der Waals surface area contributed by atoms with Crippen molar-refractivity contribution in [2.24, 2.45) is 5.92 Å². The number of benzene rings is 1. The number of amides is 1. The van der Waals surface area contributed by atoms with Crippen LogP contribution in [0.15, 0.2) is 48.8 Å². The molecule has 0 spiro atoms. The molecule has 30 heavy (non-hydrogen) atoms. The summed E-state index contributed by atoms with van der Waals surface area (Å²) in [4.78, 5) is 37.2. The summed E-state index contributed by atoms with van der Waals surface area (Å²) in [6.07, 6.45) is 6.24. The number of carbonyl (C=O) groups is 2. The average molecular weight is 406 g/mol. The molecule has 0 saturated carbocycles. The fraction of sp³-hybridized carbons (Fsp3) is 0.391. The Morgan fingerprint density at radius 3 is 2.60 bits per heavy atom. The van der Waals surface area contributed by atoms with Crippen LogP contribution in [-0.2, 0) is 14.3 Å². The summed E-state index contributed by atoms with van der Waals surface area (Å²) in [6.45, 7) is 4.62. The van der Waals surface area contributed by atoms with Crippen LogP contribution in [0.1, 0.15) is 44.7 Å². The van der Waals surface area contributed by atoms with Gasteiger partial charge in [-0.25, -0.2) is 4.98 Å². The van der Waals surface area contributed by atoms with Gasteiger partial charge in [-0.05, 0) is 43.2 Å². The van der Waals surface area contributed by atoms with E-state index in [0.29, 0.717) is 12.5 Å². The third-order valence-corrected chi connectivity index (χ3v) is 5.52. The zero-order valence-corrected chi connectivity index (χ0v) is 17.3. The number of para-hydroxylation sites is 2. The molecule has 0 bridgehead atoms. The summed E-state index contributed by atoms with van der Waals surface area (Å²) in [5.74, 6) is -1.15. The number of rotatable bonds is 7. The second-order valence-electron chi connectivity index (χ2n) is 7.42. The van der Waals surface area contributed by atoms with Crippen molar-refractivity contribution in [1.82, 2.24) is 14.5 Å². The molecule has 0 fully saturated rings. The van der Waals surface area contributed by atoms with Crippen LogP contribution in [0.3, 0.4) is 0 Å². The van der Waals surface area contributed by atoms with E-state index in [1.165, 1.54) is 0 Å². The lowest BCUT2D eigenvalue weighted by Crippen LogP contribution is -2.50. The van der Waals surface area contributed by atoms with Crippen molar-refractivity contribution in [2.45, 2.75) is 39.2 Å². The van der Waals surface area contributed by atoms with Gasteiger partial charge in [-0.1, -0.05) is 31.9 Å². The van der Waals surface area contributed by atoms with E-state index in [1.807, 2.05) is 41.0 Å². The van der Waals surface area contributed by atoms with Crippen LogP contribution < -0.4 is 4.90 Å². The van der Waals surface area contributed by atoms with Crippen molar-refractivity contribution >= 4 is 28.9 Å². The van der Waals surface area contributed by atoms with Crippen molar-refractivity contribution in [1.29, 1.82) is 0 Å². The maximum atomic E-state index is 13.6. The molecular formula is C23H26N4O3. The van der Waals surface area contributed by atoms with Gasteiger partial charge in [0.2, 0.25) is 11.9 Å². The van der Waals surface area contributed by atoms with Gasteiger partial charge in [-0.15, -0.1) is 0 Å². The highest BCUT2D eigenvalue weighted by Gasteiger charge is 2.47. The molecule has 7 heteroatoms. The SMILES string of the molecule is CCCCCN1C(=O)[C@@H](C(=O)OCC)[C@H](c2ccncc2)n2c1nc1ccccc12. The van der Waals surface area contributed by atoms with Gasteiger partial charge in [0, 0.05) is 18.9 Å². The molecule has 0 aliphatic carbocycles. The number of nitrogens with zero attached hydrogens (tertiary/aromatic N) is 4. The second-order valence-corrected chi connectivity index (χ2v) is 7.42. The Morgan fingerprint density at radius 2 is 1.87 bits per heavy atom. The molecule has 0 N–H and O–H groups in total. The largest absolute Gasteiger partial charge is 0.465 e. The van der Waals surface area contributed by atoms with E-state index >= 15 is 0 Å². The van der Waals surface area contributed by atoms with Gasteiger partial charge in [-0.2, -0.15) is 0 Å². The predicted octanol–water partition coefficient (Wildman–Crippen LogP) is 3.74. The molecular weight excluding hydrogens is 380 g/mol. The first-order valence-electron chi connectivity index (χ1n) is 10.5. The predicted molar refractivity (Wildman–Crippen MR) is 114 cm³/mol. The van der Waals surface area contributed by atoms with Gasteiger partial charge < -0.3 is 9.30 Å². The number of esters is 1. The van der Waals surface area contributed by atoms with Crippen LogP contribution in [0, 0.1) is 5.92 Å². The highest BCUT2D eigenvalue weighted by Crippen LogP contribution is 2.41. The number of fused-ring (bicyclic) bond motifs is 3. The molecule has 0 unspecified atom stereocenters. The van der Waals surface area contributed by atoms with Crippen molar-refractivity contribution in [2.75, 3.05) is 18.1 Å². The van der Waals surface area contributed by atoms with Crippen LogP contribution in [0.25, 0.3) is 11.0 Å². The Bertz CT molecular complexity index is 1050. The van der Waals surface area contributed by atoms with Gasteiger partial charge in [-0.3, -0.25) is 19.5 Å². The fourth-order valence-electron chi connectivity index (χ4n) is 4.14. The van der Waals surface area contributed by atoms with E-state index in [0.717, 1.165) is 35.9 Å². The number of unbranched alkanes of at least 4 members (excludes halogenated alkanes) is 2. The van der Waals surface area contributed by atoms with E-state index in [1.54, 1.807) is 24.2 Å². The molecule has 1 amide bonds. The van der Waals surface area contributed by atoms with Crippen LogP contribution in [0.5, 0.6) is 0 Å². The molecule has 4 rings (SSSR count). The normalized spacial score (nSPS) is 18.5. The first kappa shape index (κ1) is 20.1. The van der Waals surface area contributed by atoms with Gasteiger partial charge in [0.25, 0.3) is 0 Å². The van der Waals surface area contributed by atoms with Gasteiger partial charge in [0.15, 0.2) is 5.92 Å². The highest BCUT2D eigenvalue weighted by atomic mass is 16.5. The quantitative estimate of drug-likeness (QED) is 0.339. The van der Waals surface area contributed by atoms with Gasteiger partial charge in [0.05, 0.1) is 23.7 Å². The number of hydrogen-bond donors (Lipinski definition) is 0. The molecule has 3 heterocycles. The average Bonchev–Trinajstić information content (AvgIpc) is 3.14. The molecule has 2 atom stereocenters. The molecule has 7 nitrogen and oxygen atoms in total. The zero-order valence-electron chi connectivity index (χ0n) is 17.3. The highest BCUT2D eigenvalue weighted by molar-refractivity contribution is 6.08. The molecule has 156 valence electrons. The Labute approximate surface area is 175 Å². The summed E-state index contributed by atoms with van der Waals surface area (Å²) >= 11 is 0. The van der Waals surface area contributed by atoms with Gasteiger partial charge >= 0.3 is 5.97 Å². The number of anilines is 1. The molecule has 3 aromatic rings. The van der Waals surface area contributed by atoms with Gasteiger partial charge in [0.1, 0.15) is 0 Å². The summed E-state index contributed by atoms with van der Waals surface area (Å²) < 4.78 is 7.36. The topological polar surface area (TPSA) is 77.3 Å². The molecule has 1 aromatic carbocycles. The summed E-state index contributed by atoms with van der Waals surface area (Å²) in [5.41, 5.74) is 2.51. The maximum Gasteiger partial charge on any atom is 0.321 e. The number of pyridine rings is 1. The molecule has 2 aromatic heterocycles. The van der Waals surface area contributed by atoms with Crippen LogP contribution in [0.4, 0.5) is 5.95 Å². The number of ether oxygens (including phenoxy) is 1. The Balaban J connectivity index is 1.93. The Hall–Kier alpha value is -3.22. The zero-order chi connectivity index (χ0) is 21.1. The molecule has 1 aliphatic rings. The third-order valence-electron chi connectivity index (χ3n) is 5.52. The first-order chi connectivity index (χ1) is 14.7. The second kappa shape index (κ2) is 8.65. The summed E-state index contributed by atoms with van der Waals surface area (Å²) in [6, 6.07) is 10.9. The summed E-state index contributed by atoms with van der Waals surface area (Å²) in [7, 11) is 0.